The Hall–Kier alpha value is -0.0600. The third-order valence-corrected chi connectivity index (χ3v) is 4.40. The molecular formula is C9H11IO2. The van der Waals surface area contributed by atoms with Crippen LogP contribution in [0.2, 0.25) is 0 Å². The SMILES string of the molecule is O=C(O)C(I)C1CC2C=CC1C2. The van der Waals surface area contributed by atoms with Crippen LogP contribution in [0.25, 0.3) is 0 Å². The van der Waals surface area contributed by atoms with Crippen LogP contribution in [0.1, 0.15) is 12.8 Å². The van der Waals surface area contributed by atoms with Gasteiger partial charge in [-0.25, -0.2) is 0 Å². The van der Waals surface area contributed by atoms with Gasteiger partial charge in [-0.15, -0.1) is 0 Å². The highest BCUT2D eigenvalue weighted by atomic mass is 127. The molecule has 66 valence electrons. The highest BCUT2D eigenvalue weighted by molar-refractivity contribution is 14.1. The normalized spacial score (nSPS) is 40.2. The van der Waals surface area contributed by atoms with Crippen molar-refractivity contribution in [2.24, 2.45) is 17.8 Å². The Morgan fingerprint density at radius 3 is 2.67 bits per heavy atom. The van der Waals surface area contributed by atoms with Crippen molar-refractivity contribution in [2.45, 2.75) is 16.8 Å². The van der Waals surface area contributed by atoms with Gasteiger partial charge in [0, 0.05) is 0 Å². The molecule has 2 nitrogen and oxygen atoms in total. The summed E-state index contributed by atoms with van der Waals surface area (Å²) in [7, 11) is 0. The fourth-order valence-electron chi connectivity index (χ4n) is 2.34. The minimum atomic E-state index is -0.651. The highest BCUT2D eigenvalue weighted by Crippen LogP contribution is 2.46. The van der Waals surface area contributed by atoms with Gasteiger partial charge in [-0.3, -0.25) is 4.79 Å². The number of fused-ring (bicyclic) bond motifs is 2. The molecule has 0 aromatic carbocycles. The lowest BCUT2D eigenvalue weighted by Gasteiger charge is -2.20. The van der Waals surface area contributed by atoms with Crippen LogP contribution in [0.4, 0.5) is 0 Å². The Bertz CT molecular complexity index is 237. The maximum absolute atomic E-state index is 10.7. The molecule has 0 aliphatic heterocycles. The van der Waals surface area contributed by atoms with E-state index in [1.54, 1.807) is 0 Å². The predicted molar refractivity (Wildman–Crippen MR) is 54.3 cm³/mol. The highest BCUT2D eigenvalue weighted by Gasteiger charge is 2.41. The Morgan fingerprint density at radius 2 is 2.25 bits per heavy atom. The summed E-state index contributed by atoms with van der Waals surface area (Å²) >= 11 is 2.06. The van der Waals surface area contributed by atoms with Crippen molar-refractivity contribution in [3.8, 4) is 0 Å². The summed E-state index contributed by atoms with van der Waals surface area (Å²) in [4.78, 5) is 10.7. The number of alkyl halides is 1. The van der Waals surface area contributed by atoms with E-state index in [4.69, 9.17) is 5.11 Å². The van der Waals surface area contributed by atoms with E-state index in [0.29, 0.717) is 17.8 Å². The van der Waals surface area contributed by atoms with E-state index < -0.39 is 5.97 Å². The maximum Gasteiger partial charge on any atom is 0.316 e. The Balaban J connectivity index is 2.07. The first kappa shape index (κ1) is 8.53. The number of allylic oxidation sites excluding steroid dienone is 2. The summed E-state index contributed by atoms with van der Waals surface area (Å²) in [6, 6.07) is 0. The summed E-state index contributed by atoms with van der Waals surface area (Å²) in [6.07, 6.45) is 6.72. The molecule has 0 spiro atoms. The summed E-state index contributed by atoms with van der Waals surface area (Å²) < 4.78 is -0.192. The molecule has 4 unspecified atom stereocenters. The topological polar surface area (TPSA) is 37.3 Å². The molecule has 2 aliphatic carbocycles. The molecule has 4 atom stereocenters. The van der Waals surface area contributed by atoms with Crippen LogP contribution >= 0.6 is 22.6 Å². The van der Waals surface area contributed by atoms with Crippen molar-refractivity contribution in [3.63, 3.8) is 0 Å². The monoisotopic (exact) mass is 278 g/mol. The van der Waals surface area contributed by atoms with Gasteiger partial charge >= 0.3 is 5.97 Å². The smallest absolute Gasteiger partial charge is 0.316 e. The van der Waals surface area contributed by atoms with Crippen LogP contribution in [-0.2, 0) is 4.79 Å². The molecule has 12 heavy (non-hydrogen) atoms. The lowest BCUT2D eigenvalue weighted by Crippen LogP contribution is -2.26. The number of carboxylic acid groups (broad SMARTS) is 1. The molecule has 1 fully saturated rings. The van der Waals surface area contributed by atoms with Gasteiger partial charge in [-0.05, 0) is 30.6 Å². The van der Waals surface area contributed by atoms with Crippen LogP contribution in [-0.4, -0.2) is 15.0 Å². The van der Waals surface area contributed by atoms with Gasteiger partial charge in [-0.2, -0.15) is 0 Å². The Morgan fingerprint density at radius 1 is 1.50 bits per heavy atom. The summed E-state index contributed by atoms with van der Waals surface area (Å²) in [6.45, 7) is 0. The van der Waals surface area contributed by atoms with Gasteiger partial charge in [-0.1, -0.05) is 34.7 Å². The van der Waals surface area contributed by atoms with E-state index in [9.17, 15) is 4.79 Å². The van der Waals surface area contributed by atoms with Crippen molar-refractivity contribution in [3.05, 3.63) is 12.2 Å². The van der Waals surface area contributed by atoms with Crippen molar-refractivity contribution in [1.82, 2.24) is 0 Å². The van der Waals surface area contributed by atoms with Crippen molar-refractivity contribution in [1.29, 1.82) is 0 Å². The minimum absolute atomic E-state index is 0.192. The summed E-state index contributed by atoms with van der Waals surface area (Å²) in [5, 5.41) is 8.84. The van der Waals surface area contributed by atoms with E-state index in [2.05, 4.69) is 34.7 Å². The molecule has 0 radical (unpaired) electrons. The molecule has 0 amide bonds. The molecular weight excluding hydrogens is 267 g/mol. The second-order valence-electron chi connectivity index (χ2n) is 3.68. The number of hydrogen-bond acceptors (Lipinski definition) is 1. The average Bonchev–Trinajstić information content (AvgIpc) is 2.62. The first-order valence-electron chi connectivity index (χ1n) is 4.23. The molecule has 1 N–H and O–H groups in total. The van der Waals surface area contributed by atoms with Crippen LogP contribution in [0, 0.1) is 17.8 Å². The standard InChI is InChI=1S/C9H11IO2/c10-8(9(11)12)7-4-5-1-2-6(7)3-5/h1-2,5-8H,3-4H2,(H,11,12). The van der Waals surface area contributed by atoms with Crippen LogP contribution in [0.5, 0.6) is 0 Å². The molecule has 1 saturated carbocycles. The quantitative estimate of drug-likeness (QED) is 0.477. The Kier molecular flexibility index (Phi) is 2.14. The van der Waals surface area contributed by atoms with Crippen molar-refractivity contribution < 1.29 is 9.90 Å². The second kappa shape index (κ2) is 3.01. The molecule has 2 rings (SSSR count). The van der Waals surface area contributed by atoms with Gasteiger partial charge in [0.05, 0.1) is 0 Å². The second-order valence-corrected chi connectivity index (χ2v) is 5.03. The van der Waals surface area contributed by atoms with Gasteiger partial charge < -0.3 is 5.11 Å². The predicted octanol–water partition coefficient (Wildman–Crippen LogP) is 2.09. The summed E-state index contributed by atoms with van der Waals surface area (Å²) in [5.41, 5.74) is 0. The zero-order chi connectivity index (χ0) is 8.72. The van der Waals surface area contributed by atoms with Crippen molar-refractivity contribution in [2.75, 3.05) is 0 Å². The molecule has 3 heteroatoms. The van der Waals surface area contributed by atoms with E-state index in [-0.39, 0.29) is 3.92 Å². The number of halogens is 1. The number of carboxylic acids is 1. The minimum Gasteiger partial charge on any atom is -0.480 e. The largest absolute Gasteiger partial charge is 0.480 e. The molecule has 2 aliphatic rings. The number of aliphatic carboxylic acids is 1. The summed E-state index contributed by atoms with van der Waals surface area (Å²) in [5.74, 6) is 0.962. The lowest BCUT2D eigenvalue weighted by atomic mass is 9.91. The zero-order valence-electron chi connectivity index (χ0n) is 6.61. The number of hydrogen-bond donors (Lipinski definition) is 1. The van der Waals surface area contributed by atoms with Crippen molar-refractivity contribution >= 4 is 28.6 Å². The van der Waals surface area contributed by atoms with Crippen LogP contribution in [0.15, 0.2) is 12.2 Å². The Labute approximate surface area is 85.2 Å². The first-order chi connectivity index (χ1) is 5.68. The third-order valence-electron chi connectivity index (χ3n) is 2.94. The fourth-order valence-corrected chi connectivity index (χ4v) is 3.17. The fraction of sp³-hybridized carbons (Fsp3) is 0.667. The van der Waals surface area contributed by atoms with Gasteiger partial charge in [0.15, 0.2) is 0 Å². The van der Waals surface area contributed by atoms with Crippen LogP contribution in [0.3, 0.4) is 0 Å². The van der Waals surface area contributed by atoms with Crippen LogP contribution < -0.4 is 0 Å². The van der Waals surface area contributed by atoms with Gasteiger partial charge in [0.25, 0.3) is 0 Å². The van der Waals surface area contributed by atoms with E-state index in [1.807, 2.05) is 0 Å². The van der Waals surface area contributed by atoms with E-state index in [1.165, 1.54) is 6.42 Å². The molecule has 2 bridgehead atoms. The third kappa shape index (κ3) is 1.28. The van der Waals surface area contributed by atoms with Gasteiger partial charge in [0.2, 0.25) is 0 Å². The maximum atomic E-state index is 10.7. The van der Waals surface area contributed by atoms with Gasteiger partial charge in [0.1, 0.15) is 3.92 Å². The molecule has 0 aromatic rings. The first-order valence-corrected chi connectivity index (χ1v) is 5.48. The molecule has 0 saturated heterocycles. The number of rotatable bonds is 2. The average molecular weight is 278 g/mol. The zero-order valence-corrected chi connectivity index (χ0v) is 8.77. The van der Waals surface area contributed by atoms with E-state index >= 15 is 0 Å². The lowest BCUT2D eigenvalue weighted by molar-refractivity contribution is -0.137. The number of carbonyl (C=O) groups is 1. The molecule has 0 aromatic heterocycles. The van der Waals surface area contributed by atoms with E-state index in [0.717, 1.165) is 6.42 Å². The molecule has 0 heterocycles.